The first-order valence-corrected chi connectivity index (χ1v) is 13.3. The predicted octanol–water partition coefficient (Wildman–Crippen LogP) is 5.49. The summed E-state index contributed by atoms with van der Waals surface area (Å²) in [7, 11) is 0. The summed E-state index contributed by atoms with van der Waals surface area (Å²) in [5.41, 5.74) is 1.81. The molecule has 36 heavy (non-hydrogen) atoms. The van der Waals surface area contributed by atoms with Crippen LogP contribution in [0.4, 0.5) is 5.82 Å². The smallest absolute Gasteiger partial charge is 0.319 e. The maximum atomic E-state index is 6.10. The molecule has 0 aliphatic carbocycles. The molecule has 4 rings (SSSR count). The van der Waals surface area contributed by atoms with E-state index < -0.39 is 0 Å². The first-order chi connectivity index (χ1) is 17.7. The molecule has 0 radical (unpaired) electrons. The SMILES string of the molecule is CC.CCCN(CCC)c1nc(OCCN2CCOCC2)nc2cnc(Oc3ccccc3C)cc12. The van der Waals surface area contributed by atoms with Gasteiger partial charge in [0, 0.05) is 38.8 Å². The number of anilines is 1. The van der Waals surface area contributed by atoms with Gasteiger partial charge in [-0.1, -0.05) is 45.9 Å². The van der Waals surface area contributed by atoms with Crippen molar-refractivity contribution in [2.75, 3.05) is 57.4 Å². The Bertz CT molecular complexity index is 1070. The van der Waals surface area contributed by atoms with Gasteiger partial charge in [-0.25, -0.2) is 4.98 Å². The predicted molar refractivity (Wildman–Crippen MR) is 145 cm³/mol. The number of rotatable bonds is 11. The van der Waals surface area contributed by atoms with Crippen LogP contribution in [0.1, 0.15) is 46.1 Å². The summed E-state index contributed by atoms with van der Waals surface area (Å²) in [5, 5.41) is 0.918. The Morgan fingerprint density at radius 1 is 1.03 bits per heavy atom. The standard InChI is InChI=1S/C26H35N5O3.C2H6/c1-4-10-31(11-5-2)25-21-18-24(34-23-9-7-6-8-20(23)3)27-19-22(21)28-26(29-25)33-17-14-30-12-15-32-16-13-30;1-2/h6-9,18-19H,4-5,10-17H2,1-3H3;1-2H3. The summed E-state index contributed by atoms with van der Waals surface area (Å²) in [6.07, 6.45) is 3.80. The summed E-state index contributed by atoms with van der Waals surface area (Å²) < 4.78 is 17.5. The van der Waals surface area contributed by atoms with Crippen molar-refractivity contribution in [2.24, 2.45) is 0 Å². The quantitative estimate of drug-likeness (QED) is 0.346. The molecule has 0 spiro atoms. The fourth-order valence-corrected chi connectivity index (χ4v) is 4.08. The van der Waals surface area contributed by atoms with Crippen molar-refractivity contribution in [3.05, 3.63) is 42.1 Å². The van der Waals surface area contributed by atoms with Crippen molar-refractivity contribution in [3.63, 3.8) is 0 Å². The van der Waals surface area contributed by atoms with E-state index in [2.05, 4.69) is 33.6 Å². The number of para-hydroxylation sites is 1. The third-order valence-corrected chi connectivity index (χ3v) is 5.85. The molecule has 8 heteroatoms. The third kappa shape index (κ3) is 7.51. The van der Waals surface area contributed by atoms with Crippen LogP contribution in [-0.2, 0) is 4.74 Å². The lowest BCUT2D eigenvalue weighted by atomic mass is 10.2. The highest BCUT2D eigenvalue weighted by atomic mass is 16.5. The minimum Gasteiger partial charge on any atom is -0.462 e. The third-order valence-electron chi connectivity index (χ3n) is 5.85. The molecule has 0 atom stereocenters. The van der Waals surface area contributed by atoms with Crippen molar-refractivity contribution in [1.82, 2.24) is 19.9 Å². The van der Waals surface area contributed by atoms with Gasteiger partial charge in [-0.15, -0.1) is 0 Å². The summed E-state index contributed by atoms with van der Waals surface area (Å²) in [4.78, 5) is 18.7. The molecule has 1 aliphatic rings. The number of aryl methyl sites for hydroxylation is 1. The number of benzene rings is 1. The first kappa shape index (κ1) is 27.6. The Morgan fingerprint density at radius 3 is 2.44 bits per heavy atom. The molecule has 196 valence electrons. The Balaban J connectivity index is 0.00000176. The minimum atomic E-state index is 0.391. The topological polar surface area (TPSA) is 72.8 Å². The summed E-state index contributed by atoms with van der Waals surface area (Å²) >= 11 is 0. The second-order valence-electron chi connectivity index (χ2n) is 8.53. The molecular weight excluding hydrogens is 454 g/mol. The lowest BCUT2D eigenvalue weighted by molar-refractivity contribution is 0.0317. The van der Waals surface area contributed by atoms with Gasteiger partial charge < -0.3 is 19.1 Å². The number of ether oxygens (including phenoxy) is 3. The van der Waals surface area contributed by atoms with E-state index in [0.29, 0.717) is 18.5 Å². The number of hydrogen-bond donors (Lipinski definition) is 0. The number of nitrogens with zero attached hydrogens (tertiary/aromatic N) is 5. The average molecular weight is 496 g/mol. The molecule has 1 aliphatic heterocycles. The van der Waals surface area contributed by atoms with Gasteiger partial charge in [0.05, 0.1) is 30.3 Å². The molecule has 2 aromatic heterocycles. The van der Waals surface area contributed by atoms with Crippen LogP contribution < -0.4 is 14.4 Å². The number of fused-ring (bicyclic) bond motifs is 1. The van der Waals surface area contributed by atoms with Gasteiger partial charge in [0.25, 0.3) is 0 Å². The number of pyridine rings is 1. The Morgan fingerprint density at radius 2 is 1.75 bits per heavy atom. The Kier molecular flexibility index (Phi) is 11.2. The van der Waals surface area contributed by atoms with Crippen LogP contribution >= 0.6 is 0 Å². The number of aromatic nitrogens is 3. The molecule has 0 saturated carbocycles. The van der Waals surface area contributed by atoms with Crippen molar-refractivity contribution in [3.8, 4) is 17.6 Å². The molecule has 3 heterocycles. The van der Waals surface area contributed by atoms with Crippen LogP contribution in [0.15, 0.2) is 36.5 Å². The van der Waals surface area contributed by atoms with Crippen LogP contribution in [0.5, 0.6) is 17.6 Å². The first-order valence-electron chi connectivity index (χ1n) is 13.3. The molecule has 3 aromatic rings. The van der Waals surface area contributed by atoms with Gasteiger partial charge in [0.15, 0.2) is 0 Å². The lowest BCUT2D eigenvalue weighted by Gasteiger charge is -2.26. The van der Waals surface area contributed by atoms with Gasteiger partial charge >= 0.3 is 6.01 Å². The molecule has 0 amide bonds. The number of hydrogen-bond acceptors (Lipinski definition) is 8. The van der Waals surface area contributed by atoms with E-state index in [0.717, 1.165) is 86.8 Å². The largest absolute Gasteiger partial charge is 0.462 e. The second-order valence-corrected chi connectivity index (χ2v) is 8.53. The van der Waals surface area contributed by atoms with E-state index >= 15 is 0 Å². The highest BCUT2D eigenvalue weighted by Gasteiger charge is 2.17. The maximum absolute atomic E-state index is 6.10. The molecule has 1 fully saturated rings. The minimum absolute atomic E-state index is 0.391. The zero-order chi connectivity index (χ0) is 25.8. The molecule has 1 aromatic carbocycles. The van der Waals surface area contributed by atoms with Crippen LogP contribution in [-0.4, -0.2) is 72.4 Å². The van der Waals surface area contributed by atoms with E-state index in [4.69, 9.17) is 19.2 Å². The average Bonchev–Trinajstić information content (AvgIpc) is 2.91. The van der Waals surface area contributed by atoms with E-state index in [1.54, 1.807) is 6.20 Å². The Hall–Kier alpha value is -2.97. The highest BCUT2D eigenvalue weighted by Crippen LogP contribution is 2.31. The van der Waals surface area contributed by atoms with Crippen molar-refractivity contribution in [2.45, 2.75) is 47.5 Å². The van der Waals surface area contributed by atoms with Gasteiger partial charge in [0.2, 0.25) is 5.88 Å². The monoisotopic (exact) mass is 495 g/mol. The molecule has 1 saturated heterocycles. The van der Waals surface area contributed by atoms with Gasteiger partial charge in [-0.3, -0.25) is 4.90 Å². The zero-order valence-electron chi connectivity index (χ0n) is 22.5. The van der Waals surface area contributed by atoms with Gasteiger partial charge in [0.1, 0.15) is 18.2 Å². The van der Waals surface area contributed by atoms with Gasteiger partial charge in [-0.2, -0.15) is 9.97 Å². The maximum Gasteiger partial charge on any atom is 0.319 e. The molecular formula is C28H41N5O3. The molecule has 8 nitrogen and oxygen atoms in total. The molecule has 0 N–H and O–H groups in total. The van der Waals surface area contributed by atoms with Crippen LogP contribution in [0.2, 0.25) is 0 Å². The summed E-state index contributed by atoms with van der Waals surface area (Å²) in [5.74, 6) is 2.19. The van der Waals surface area contributed by atoms with Crippen molar-refractivity contribution >= 4 is 16.7 Å². The van der Waals surface area contributed by atoms with E-state index in [-0.39, 0.29) is 0 Å². The fourth-order valence-electron chi connectivity index (χ4n) is 4.08. The van der Waals surface area contributed by atoms with E-state index in [9.17, 15) is 0 Å². The van der Waals surface area contributed by atoms with Crippen molar-refractivity contribution in [1.29, 1.82) is 0 Å². The zero-order valence-corrected chi connectivity index (χ0v) is 22.5. The normalized spacial score (nSPS) is 13.7. The van der Waals surface area contributed by atoms with Crippen LogP contribution in [0.25, 0.3) is 10.9 Å². The molecule has 0 unspecified atom stereocenters. The van der Waals surface area contributed by atoms with Gasteiger partial charge in [-0.05, 0) is 31.4 Å². The highest BCUT2D eigenvalue weighted by molar-refractivity contribution is 5.90. The molecule has 0 bridgehead atoms. The number of morpholine rings is 1. The van der Waals surface area contributed by atoms with Crippen LogP contribution in [0.3, 0.4) is 0 Å². The summed E-state index contributed by atoms with van der Waals surface area (Å²) in [6.45, 7) is 17.0. The van der Waals surface area contributed by atoms with Crippen molar-refractivity contribution < 1.29 is 14.2 Å². The summed E-state index contributed by atoms with van der Waals surface area (Å²) in [6, 6.07) is 10.3. The Labute approximate surface area is 215 Å². The van der Waals surface area contributed by atoms with Crippen LogP contribution in [0, 0.1) is 6.92 Å². The second kappa shape index (κ2) is 14.6. The lowest BCUT2D eigenvalue weighted by Crippen LogP contribution is -2.38. The fraction of sp³-hybridized carbons (Fsp3) is 0.536. The van der Waals surface area contributed by atoms with E-state index in [1.165, 1.54) is 0 Å². The van der Waals surface area contributed by atoms with E-state index in [1.807, 2.05) is 51.1 Å².